The molecular formula is C23H18Cl2N6O2S. The molecule has 0 aliphatic rings. The van der Waals surface area contributed by atoms with Gasteiger partial charge >= 0.3 is 0 Å². The first-order chi connectivity index (χ1) is 16.5. The van der Waals surface area contributed by atoms with Crippen LogP contribution in [0.1, 0.15) is 10.5 Å². The lowest BCUT2D eigenvalue weighted by Crippen LogP contribution is -2.39. The van der Waals surface area contributed by atoms with Gasteiger partial charge in [-0.15, -0.1) is 5.10 Å². The topological polar surface area (TPSA) is 93.1 Å². The number of thiocarbonyl (C=S) groups is 1. The molecule has 0 unspecified atom stereocenters. The molecular weight excluding hydrogens is 495 g/mol. The van der Waals surface area contributed by atoms with Crippen molar-refractivity contribution in [3.63, 3.8) is 0 Å². The summed E-state index contributed by atoms with van der Waals surface area (Å²) in [5, 5.41) is 17.9. The zero-order chi connectivity index (χ0) is 23.9. The first kappa shape index (κ1) is 23.5. The first-order valence-corrected chi connectivity index (χ1v) is 11.2. The molecule has 0 fully saturated rings. The van der Waals surface area contributed by atoms with E-state index in [0.29, 0.717) is 32.3 Å². The lowest BCUT2D eigenvalue weighted by molar-refractivity contribution is 0.0948. The molecule has 3 aromatic carbocycles. The fourth-order valence-electron chi connectivity index (χ4n) is 2.89. The van der Waals surface area contributed by atoms with Gasteiger partial charge in [0.25, 0.3) is 5.91 Å². The van der Waals surface area contributed by atoms with Crippen LogP contribution in [0.25, 0.3) is 5.69 Å². The van der Waals surface area contributed by atoms with E-state index in [9.17, 15) is 4.79 Å². The zero-order valence-electron chi connectivity index (χ0n) is 17.5. The van der Waals surface area contributed by atoms with Crippen molar-refractivity contribution in [2.24, 2.45) is 0 Å². The number of amides is 1. The van der Waals surface area contributed by atoms with Gasteiger partial charge in [0.15, 0.2) is 16.6 Å². The van der Waals surface area contributed by atoms with Crippen molar-refractivity contribution in [1.82, 2.24) is 25.6 Å². The second kappa shape index (κ2) is 11.0. The van der Waals surface area contributed by atoms with Crippen LogP contribution in [0.4, 0.5) is 5.69 Å². The molecule has 34 heavy (non-hydrogen) atoms. The minimum atomic E-state index is -0.416. The second-order valence-electron chi connectivity index (χ2n) is 6.87. The molecule has 0 aliphatic heterocycles. The number of rotatable bonds is 7. The van der Waals surface area contributed by atoms with Crippen LogP contribution in [0, 0.1) is 0 Å². The minimum absolute atomic E-state index is 0.110. The number of anilines is 1. The van der Waals surface area contributed by atoms with Crippen molar-refractivity contribution in [1.29, 1.82) is 0 Å². The summed E-state index contributed by atoms with van der Waals surface area (Å²) < 4.78 is 7.40. The summed E-state index contributed by atoms with van der Waals surface area (Å²) in [6, 6.07) is 21.6. The fourth-order valence-corrected chi connectivity index (χ4v) is 3.52. The van der Waals surface area contributed by atoms with E-state index < -0.39 is 5.91 Å². The van der Waals surface area contributed by atoms with Crippen molar-refractivity contribution in [2.75, 3.05) is 12.0 Å². The Labute approximate surface area is 210 Å². The maximum Gasteiger partial charge on any atom is 0.274 e. The molecule has 172 valence electrons. The number of nitrogens with zero attached hydrogens (tertiary/aromatic N) is 3. The lowest BCUT2D eigenvalue weighted by Gasteiger charge is -2.12. The standard InChI is InChI=1S/C23H18Cl2N6O2S/c24-15-10-11-20(17(25)12-15)33-21-9-5-4-8-19(21)31-13-18(29-30-31)22(32)26-14-27-23(34)28-16-6-2-1-3-7-16/h1-13H,14H2,(H,26,32)(H2,27,28,34). The summed E-state index contributed by atoms with van der Waals surface area (Å²) in [6.07, 6.45) is 1.50. The second-order valence-corrected chi connectivity index (χ2v) is 8.12. The van der Waals surface area contributed by atoms with Gasteiger partial charge in [-0.25, -0.2) is 4.68 Å². The molecule has 11 heteroatoms. The van der Waals surface area contributed by atoms with Gasteiger partial charge in [0.1, 0.15) is 11.4 Å². The van der Waals surface area contributed by atoms with Crippen molar-refractivity contribution < 1.29 is 9.53 Å². The number of carbonyl (C=O) groups is 1. The van der Waals surface area contributed by atoms with Crippen LogP contribution >= 0.6 is 35.4 Å². The van der Waals surface area contributed by atoms with Gasteiger partial charge in [-0.1, -0.05) is 58.7 Å². The number of para-hydroxylation sites is 3. The molecule has 4 rings (SSSR count). The summed E-state index contributed by atoms with van der Waals surface area (Å²) in [7, 11) is 0. The van der Waals surface area contributed by atoms with Crippen LogP contribution in [0.15, 0.2) is 79.0 Å². The van der Waals surface area contributed by atoms with Gasteiger partial charge < -0.3 is 20.7 Å². The van der Waals surface area contributed by atoms with E-state index in [1.165, 1.54) is 10.9 Å². The van der Waals surface area contributed by atoms with E-state index in [2.05, 4.69) is 26.3 Å². The Morgan fingerprint density at radius 1 is 0.971 bits per heavy atom. The van der Waals surface area contributed by atoms with Gasteiger partial charge in [0.05, 0.1) is 17.9 Å². The third kappa shape index (κ3) is 6.02. The van der Waals surface area contributed by atoms with Crippen LogP contribution < -0.4 is 20.7 Å². The molecule has 0 radical (unpaired) electrons. The van der Waals surface area contributed by atoms with Gasteiger partial charge in [0.2, 0.25) is 0 Å². The highest BCUT2D eigenvalue weighted by molar-refractivity contribution is 7.80. The largest absolute Gasteiger partial charge is 0.454 e. The molecule has 8 nitrogen and oxygen atoms in total. The monoisotopic (exact) mass is 512 g/mol. The van der Waals surface area contributed by atoms with Crippen molar-refractivity contribution in [3.05, 3.63) is 94.7 Å². The summed E-state index contributed by atoms with van der Waals surface area (Å²) in [5.74, 6) is 0.491. The predicted molar refractivity (Wildman–Crippen MR) is 136 cm³/mol. The molecule has 0 aliphatic carbocycles. The van der Waals surface area contributed by atoms with Gasteiger partial charge in [-0.2, -0.15) is 0 Å². The Morgan fingerprint density at radius 2 is 1.74 bits per heavy atom. The molecule has 0 saturated carbocycles. The third-order valence-corrected chi connectivity index (χ3v) is 5.26. The SMILES string of the molecule is O=C(NCNC(=S)Nc1ccccc1)c1cn(-c2ccccc2Oc2ccc(Cl)cc2Cl)nn1. The summed E-state index contributed by atoms with van der Waals surface area (Å²) in [5.41, 5.74) is 1.55. The number of hydrogen-bond acceptors (Lipinski definition) is 5. The van der Waals surface area contributed by atoms with Gasteiger partial charge in [-0.3, -0.25) is 4.79 Å². The van der Waals surface area contributed by atoms with E-state index in [0.717, 1.165) is 5.69 Å². The summed E-state index contributed by atoms with van der Waals surface area (Å²) in [6.45, 7) is 0.110. The molecule has 3 N–H and O–H groups in total. The van der Waals surface area contributed by atoms with E-state index >= 15 is 0 Å². The molecule has 1 amide bonds. The van der Waals surface area contributed by atoms with Crippen LogP contribution in [0.3, 0.4) is 0 Å². The van der Waals surface area contributed by atoms with Crippen LogP contribution in [-0.4, -0.2) is 32.7 Å². The molecule has 0 bridgehead atoms. The average molecular weight is 513 g/mol. The highest BCUT2D eigenvalue weighted by atomic mass is 35.5. The number of hydrogen-bond donors (Lipinski definition) is 3. The molecule has 0 spiro atoms. The molecule has 0 atom stereocenters. The van der Waals surface area contributed by atoms with Crippen molar-refractivity contribution >= 4 is 52.1 Å². The minimum Gasteiger partial charge on any atom is -0.454 e. The normalized spacial score (nSPS) is 10.4. The third-order valence-electron chi connectivity index (χ3n) is 4.48. The lowest BCUT2D eigenvalue weighted by atomic mass is 10.3. The van der Waals surface area contributed by atoms with Crippen LogP contribution in [0.5, 0.6) is 11.5 Å². The zero-order valence-corrected chi connectivity index (χ0v) is 19.9. The number of nitrogens with one attached hydrogen (secondary N) is 3. The maximum atomic E-state index is 12.5. The Hall–Kier alpha value is -3.66. The van der Waals surface area contributed by atoms with Gasteiger partial charge in [0, 0.05) is 10.7 Å². The fraction of sp³-hybridized carbons (Fsp3) is 0.0435. The van der Waals surface area contributed by atoms with Crippen molar-refractivity contribution in [2.45, 2.75) is 0 Å². The van der Waals surface area contributed by atoms with Crippen molar-refractivity contribution in [3.8, 4) is 17.2 Å². The molecule has 1 aromatic heterocycles. The maximum absolute atomic E-state index is 12.5. The van der Waals surface area contributed by atoms with Crippen LogP contribution in [0.2, 0.25) is 10.0 Å². The number of ether oxygens (including phenoxy) is 1. The quantitative estimate of drug-likeness (QED) is 0.236. The first-order valence-electron chi connectivity index (χ1n) is 10.0. The smallest absolute Gasteiger partial charge is 0.274 e. The molecule has 1 heterocycles. The highest BCUT2D eigenvalue weighted by Gasteiger charge is 2.15. The Kier molecular flexibility index (Phi) is 7.58. The van der Waals surface area contributed by atoms with E-state index in [1.54, 1.807) is 30.3 Å². The number of aromatic nitrogens is 3. The summed E-state index contributed by atoms with van der Waals surface area (Å²) in [4.78, 5) is 12.5. The van der Waals surface area contributed by atoms with E-state index in [1.807, 2.05) is 42.5 Å². The van der Waals surface area contributed by atoms with E-state index in [-0.39, 0.29) is 12.4 Å². The summed E-state index contributed by atoms with van der Waals surface area (Å²) >= 11 is 17.4. The number of carbonyl (C=O) groups excluding carboxylic acids is 1. The van der Waals surface area contributed by atoms with Crippen LogP contribution in [-0.2, 0) is 0 Å². The molecule has 4 aromatic rings. The molecule has 0 saturated heterocycles. The van der Waals surface area contributed by atoms with E-state index in [4.69, 9.17) is 40.2 Å². The predicted octanol–water partition coefficient (Wildman–Crippen LogP) is 5.04. The highest BCUT2D eigenvalue weighted by Crippen LogP contribution is 2.34. The number of benzene rings is 3. The number of halogens is 2. The Morgan fingerprint density at radius 3 is 2.53 bits per heavy atom. The Bertz CT molecular complexity index is 1320. The average Bonchev–Trinajstić information content (AvgIpc) is 3.32. The Balaban J connectivity index is 1.38. The van der Waals surface area contributed by atoms with Gasteiger partial charge in [-0.05, 0) is 54.7 Å².